The summed E-state index contributed by atoms with van der Waals surface area (Å²) in [6.07, 6.45) is 10.3. The maximum absolute atomic E-state index is 5.77. The zero-order chi connectivity index (χ0) is 16.0. The van der Waals surface area contributed by atoms with Gasteiger partial charge in [-0.2, -0.15) is 0 Å². The molecule has 0 aromatic heterocycles. The van der Waals surface area contributed by atoms with Crippen molar-refractivity contribution in [2.75, 3.05) is 20.8 Å². The minimum atomic E-state index is -0.304. The molecule has 0 atom stereocenters. The van der Waals surface area contributed by atoms with Gasteiger partial charge in [0.1, 0.15) is 5.75 Å². The monoisotopic (exact) mass is 308 g/mol. The van der Waals surface area contributed by atoms with Crippen LogP contribution in [0.4, 0.5) is 0 Å². The fraction of sp³-hybridized carbons (Fsp3) is 0.684. The van der Waals surface area contributed by atoms with Gasteiger partial charge in [-0.1, -0.05) is 64.0 Å². The summed E-state index contributed by atoms with van der Waals surface area (Å²) in [4.78, 5) is 0. The maximum atomic E-state index is 5.77. The summed E-state index contributed by atoms with van der Waals surface area (Å²) in [6.45, 7) is 3.06. The van der Waals surface area contributed by atoms with Crippen molar-refractivity contribution in [2.24, 2.45) is 0 Å². The summed E-state index contributed by atoms with van der Waals surface area (Å²) in [6, 6.07) is 7.93. The van der Waals surface area contributed by atoms with Crippen LogP contribution in [0.1, 0.15) is 70.1 Å². The predicted molar refractivity (Wildman–Crippen MR) is 91.3 cm³/mol. The second-order valence-corrected chi connectivity index (χ2v) is 5.70. The molecule has 0 saturated heterocycles. The zero-order valence-electron chi connectivity index (χ0n) is 14.5. The van der Waals surface area contributed by atoms with Gasteiger partial charge in [0, 0.05) is 19.8 Å². The molecule has 0 bridgehead atoms. The van der Waals surface area contributed by atoms with Crippen LogP contribution in [0.3, 0.4) is 0 Å². The summed E-state index contributed by atoms with van der Waals surface area (Å²) in [7, 11) is 3.28. The highest BCUT2D eigenvalue weighted by molar-refractivity contribution is 5.27. The molecule has 0 spiro atoms. The summed E-state index contributed by atoms with van der Waals surface area (Å²) in [5, 5.41) is 0. The van der Waals surface area contributed by atoms with Crippen LogP contribution in [0.5, 0.6) is 5.75 Å². The molecule has 0 fully saturated rings. The SMILES string of the molecule is CCCCCCCCCCOc1ccc(C(OC)OC)cc1. The Bertz CT molecular complexity index is 357. The van der Waals surface area contributed by atoms with Gasteiger partial charge in [-0.15, -0.1) is 0 Å². The maximum Gasteiger partial charge on any atom is 0.183 e. The van der Waals surface area contributed by atoms with Crippen LogP contribution in [-0.2, 0) is 9.47 Å². The van der Waals surface area contributed by atoms with Crippen LogP contribution in [0.25, 0.3) is 0 Å². The molecule has 0 saturated carbocycles. The van der Waals surface area contributed by atoms with Crippen LogP contribution in [-0.4, -0.2) is 20.8 Å². The quantitative estimate of drug-likeness (QED) is 0.356. The van der Waals surface area contributed by atoms with E-state index in [-0.39, 0.29) is 6.29 Å². The Kier molecular flexibility index (Phi) is 10.8. The molecule has 0 amide bonds. The van der Waals surface area contributed by atoms with E-state index < -0.39 is 0 Å². The smallest absolute Gasteiger partial charge is 0.183 e. The van der Waals surface area contributed by atoms with Gasteiger partial charge in [-0.25, -0.2) is 0 Å². The molecular weight excluding hydrogens is 276 g/mol. The molecule has 3 nitrogen and oxygen atoms in total. The molecular formula is C19H32O3. The number of methoxy groups -OCH3 is 2. The topological polar surface area (TPSA) is 27.7 Å². The molecule has 22 heavy (non-hydrogen) atoms. The lowest BCUT2D eigenvalue weighted by atomic mass is 10.1. The van der Waals surface area contributed by atoms with E-state index in [0.29, 0.717) is 0 Å². The van der Waals surface area contributed by atoms with Gasteiger partial charge in [0.25, 0.3) is 0 Å². The Hall–Kier alpha value is -1.06. The fourth-order valence-corrected chi connectivity index (χ4v) is 2.52. The largest absolute Gasteiger partial charge is 0.494 e. The van der Waals surface area contributed by atoms with E-state index in [2.05, 4.69) is 6.92 Å². The molecule has 1 aromatic carbocycles. The van der Waals surface area contributed by atoms with E-state index in [1.165, 1.54) is 44.9 Å². The van der Waals surface area contributed by atoms with Crippen molar-refractivity contribution in [2.45, 2.75) is 64.6 Å². The molecule has 0 N–H and O–H groups in total. The Morgan fingerprint density at radius 3 is 1.86 bits per heavy atom. The molecule has 1 rings (SSSR count). The van der Waals surface area contributed by atoms with Crippen molar-refractivity contribution in [1.29, 1.82) is 0 Å². The van der Waals surface area contributed by atoms with Crippen LogP contribution in [0.15, 0.2) is 24.3 Å². The Morgan fingerprint density at radius 1 is 0.773 bits per heavy atom. The number of ether oxygens (including phenoxy) is 3. The number of unbranched alkanes of at least 4 members (excludes halogenated alkanes) is 7. The average molecular weight is 308 g/mol. The zero-order valence-corrected chi connectivity index (χ0v) is 14.5. The van der Waals surface area contributed by atoms with Crippen molar-refractivity contribution in [1.82, 2.24) is 0 Å². The van der Waals surface area contributed by atoms with Gasteiger partial charge in [0.05, 0.1) is 6.61 Å². The first kappa shape index (κ1) is 19.0. The first-order valence-electron chi connectivity index (χ1n) is 8.60. The number of benzene rings is 1. The lowest BCUT2D eigenvalue weighted by Crippen LogP contribution is -2.03. The summed E-state index contributed by atoms with van der Waals surface area (Å²) in [5.41, 5.74) is 1.00. The summed E-state index contributed by atoms with van der Waals surface area (Å²) >= 11 is 0. The van der Waals surface area contributed by atoms with E-state index in [0.717, 1.165) is 24.3 Å². The highest BCUT2D eigenvalue weighted by Gasteiger charge is 2.08. The lowest BCUT2D eigenvalue weighted by molar-refractivity contribution is -0.106. The van der Waals surface area contributed by atoms with E-state index in [9.17, 15) is 0 Å². The van der Waals surface area contributed by atoms with Crippen LogP contribution in [0, 0.1) is 0 Å². The van der Waals surface area contributed by atoms with Crippen molar-refractivity contribution in [3.63, 3.8) is 0 Å². The van der Waals surface area contributed by atoms with Gasteiger partial charge in [0.15, 0.2) is 6.29 Å². The van der Waals surface area contributed by atoms with Crippen LogP contribution in [0.2, 0.25) is 0 Å². The second-order valence-electron chi connectivity index (χ2n) is 5.70. The van der Waals surface area contributed by atoms with E-state index in [1.807, 2.05) is 24.3 Å². The number of hydrogen-bond acceptors (Lipinski definition) is 3. The first-order chi connectivity index (χ1) is 10.8. The summed E-state index contributed by atoms with van der Waals surface area (Å²) in [5.74, 6) is 0.914. The summed E-state index contributed by atoms with van der Waals surface area (Å²) < 4.78 is 16.2. The lowest BCUT2D eigenvalue weighted by Gasteiger charge is -2.14. The number of hydrogen-bond donors (Lipinski definition) is 0. The first-order valence-corrected chi connectivity index (χ1v) is 8.60. The third-order valence-electron chi connectivity index (χ3n) is 3.85. The Balaban J connectivity index is 2.10. The van der Waals surface area contributed by atoms with Gasteiger partial charge in [-0.3, -0.25) is 0 Å². The minimum Gasteiger partial charge on any atom is -0.494 e. The minimum absolute atomic E-state index is 0.304. The molecule has 1 aromatic rings. The molecule has 3 heteroatoms. The van der Waals surface area contributed by atoms with Gasteiger partial charge < -0.3 is 14.2 Å². The highest BCUT2D eigenvalue weighted by atomic mass is 16.7. The van der Waals surface area contributed by atoms with Gasteiger partial charge >= 0.3 is 0 Å². The van der Waals surface area contributed by atoms with Crippen LogP contribution < -0.4 is 4.74 Å². The third kappa shape index (κ3) is 7.81. The van der Waals surface area contributed by atoms with Crippen molar-refractivity contribution < 1.29 is 14.2 Å². The molecule has 0 radical (unpaired) electrons. The Labute approximate surface area is 136 Å². The van der Waals surface area contributed by atoms with Crippen molar-refractivity contribution in [3.05, 3.63) is 29.8 Å². The molecule has 0 aliphatic carbocycles. The van der Waals surface area contributed by atoms with E-state index in [1.54, 1.807) is 14.2 Å². The van der Waals surface area contributed by atoms with E-state index in [4.69, 9.17) is 14.2 Å². The second kappa shape index (κ2) is 12.5. The van der Waals surface area contributed by atoms with E-state index >= 15 is 0 Å². The fourth-order valence-electron chi connectivity index (χ4n) is 2.52. The Morgan fingerprint density at radius 2 is 1.32 bits per heavy atom. The average Bonchev–Trinajstić information content (AvgIpc) is 2.56. The van der Waals surface area contributed by atoms with Crippen molar-refractivity contribution in [3.8, 4) is 5.75 Å². The van der Waals surface area contributed by atoms with Crippen LogP contribution >= 0.6 is 0 Å². The highest BCUT2D eigenvalue weighted by Crippen LogP contribution is 2.20. The molecule has 126 valence electrons. The molecule has 0 aliphatic rings. The number of rotatable bonds is 13. The van der Waals surface area contributed by atoms with Gasteiger partial charge in [-0.05, 0) is 18.6 Å². The molecule has 0 aliphatic heterocycles. The third-order valence-corrected chi connectivity index (χ3v) is 3.85. The normalized spacial score (nSPS) is 11.1. The molecule has 0 unspecified atom stereocenters. The predicted octanol–water partition coefficient (Wildman–Crippen LogP) is 5.50. The van der Waals surface area contributed by atoms with Crippen molar-refractivity contribution >= 4 is 0 Å². The van der Waals surface area contributed by atoms with Gasteiger partial charge in [0.2, 0.25) is 0 Å². The standard InChI is InChI=1S/C19H32O3/c1-4-5-6-7-8-9-10-11-16-22-18-14-12-17(13-15-18)19(20-2)21-3/h12-15,19H,4-11,16H2,1-3H3. The molecule has 0 heterocycles.